The van der Waals surface area contributed by atoms with E-state index in [2.05, 4.69) is 29.4 Å². The molecular formula is C18H17ClN2OS. The first-order chi connectivity index (χ1) is 11.2. The Bertz CT molecular complexity index is 844. The summed E-state index contributed by atoms with van der Waals surface area (Å²) in [5, 5.41) is 4.62. The van der Waals surface area contributed by atoms with E-state index in [9.17, 15) is 4.79 Å². The van der Waals surface area contributed by atoms with Crippen LogP contribution in [0, 0.1) is 6.92 Å². The topological polar surface area (TPSA) is 44.9 Å². The lowest BCUT2D eigenvalue weighted by atomic mass is 10.2. The number of hydrogen-bond donors (Lipinski definition) is 2. The Balaban J connectivity index is 1.58. The predicted molar refractivity (Wildman–Crippen MR) is 97.5 cm³/mol. The number of aromatic amines is 1. The number of halogens is 1. The third-order valence-corrected chi connectivity index (χ3v) is 5.14. The molecule has 0 aliphatic rings. The van der Waals surface area contributed by atoms with Gasteiger partial charge in [-0.05, 0) is 25.1 Å². The Morgan fingerprint density at radius 1 is 1.17 bits per heavy atom. The lowest BCUT2D eigenvalue weighted by Crippen LogP contribution is -2.25. The number of nitrogens with one attached hydrogen (secondary N) is 2. The highest BCUT2D eigenvalue weighted by Crippen LogP contribution is 2.30. The first-order valence-electron chi connectivity index (χ1n) is 7.39. The number of hydrogen-bond acceptors (Lipinski definition) is 2. The SMILES string of the molecule is Cc1[nH]c2ccccc2c1SCCNC(=O)c1ccccc1Cl. The lowest BCUT2D eigenvalue weighted by molar-refractivity contribution is 0.0956. The van der Waals surface area contributed by atoms with Gasteiger partial charge in [0.25, 0.3) is 5.91 Å². The molecule has 0 atom stereocenters. The molecule has 2 aromatic carbocycles. The van der Waals surface area contributed by atoms with Gasteiger partial charge in [0, 0.05) is 33.8 Å². The maximum atomic E-state index is 12.1. The molecule has 0 bridgehead atoms. The van der Waals surface area contributed by atoms with E-state index in [4.69, 9.17) is 11.6 Å². The molecule has 1 aromatic heterocycles. The molecule has 0 aliphatic carbocycles. The lowest BCUT2D eigenvalue weighted by Gasteiger charge is -2.07. The summed E-state index contributed by atoms with van der Waals surface area (Å²) < 4.78 is 0. The van der Waals surface area contributed by atoms with Gasteiger partial charge in [-0.1, -0.05) is 41.9 Å². The standard InChI is InChI=1S/C18H17ClN2OS/c1-12-17(14-7-3-5-9-16(14)21-12)23-11-10-20-18(22)13-6-2-4-8-15(13)19/h2-9,21H,10-11H2,1H3,(H,20,22). The summed E-state index contributed by atoms with van der Waals surface area (Å²) >= 11 is 7.77. The molecule has 23 heavy (non-hydrogen) atoms. The molecule has 118 valence electrons. The second kappa shape index (κ2) is 7.11. The van der Waals surface area contributed by atoms with Gasteiger partial charge in [-0.15, -0.1) is 11.8 Å². The Kier molecular flexibility index (Phi) is 4.94. The van der Waals surface area contributed by atoms with Gasteiger partial charge in [-0.25, -0.2) is 0 Å². The minimum Gasteiger partial charge on any atom is -0.358 e. The molecule has 0 saturated heterocycles. The molecule has 2 N–H and O–H groups in total. The molecule has 3 nitrogen and oxygen atoms in total. The molecule has 0 spiro atoms. The van der Waals surface area contributed by atoms with Crippen molar-refractivity contribution in [3.63, 3.8) is 0 Å². The second-order valence-electron chi connectivity index (χ2n) is 5.21. The third-order valence-electron chi connectivity index (χ3n) is 3.59. The first kappa shape index (κ1) is 16.0. The van der Waals surface area contributed by atoms with E-state index < -0.39 is 0 Å². The minimum atomic E-state index is -0.133. The zero-order chi connectivity index (χ0) is 16.2. The highest BCUT2D eigenvalue weighted by Gasteiger charge is 2.10. The van der Waals surface area contributed by atoms with Crippen molar-refractivity contribution in [3.05, 3.63) is 64.8 Å². The maximum Gasteiger partial charge on any atom is 0.252 e. The third kappa shape index (κ3) is 3.54. The van der Waals surface area contributed by atoms with Crippen LogP contribution in [0.5, 0.6) is 0 Å². The first-order valence-corrected chi connectivity index (χ1v) is 8.76. The number of thioether (sulfide) groups is 1. The number of aryl methyl sites for hydroxylation is 1. The molecule has 0 saturated carbocycles. The van der Waals surface area contributed by atoms with Crippen LogP contribution in [0.15, 0.2) is 53.4 Å². The Labute approximate surface area is 144 Å². The van der Waals surface area contributed by atoms with Crippen molar-refractivity contribution in [2.24, 2.45) is 0 Å². The van der Waals surface area contributed by atoms with Gasteiger partial charge in [0.2, 0.25) is 0 Å². The fourth-order valence-electron chi connectivity index (χ4n) is 2.50. The van der Waals surface area contributed by atoms with Gasteiger partial charge in [0.05, 0.1) is 10.6 Å². The number of carbonyl (C=O) groups is 1. The molecule has 0 unspecified atom stereocenters. The number of aromatic nitrogens is 1. The average molecular weight is 345 g/mol. The Hall–Kier alpha value is -1.91. The summed E-state index contributed by atoms with van der Waals surface area (Å²) in [6.45, 7) is 2.67. The predicted octanol–water partition coefficient (Wildman–Crippen LogP) is 4.65. The van der Waals surface area contributed by atoms with Crippen molar-refractivity contribution >= 4 is 40.2 Å². The zero-order valence-electron chi connectivity index (χ0n) is 12.7. The molecule has 0 aliphatic heterocycles. The van der Waals surface area contributed by atoms with Crippen LogP contribution in [0.4, 0.5) is 0 Å². The molecular weight excluding hydrogens is 328 g/mol. The van der Waals surface area contributed by atoms with Gasteiger partial charge in [0.15, 0.2) is 0 Å². The summed E-state index contributed by atoms with van der Waals surface area (Å²) in [5.41, 5.74) is 2.82. The Morgan fingerprint density at radius 3 is 2.74 bits per heavy atom. The van der Waals surface area contributed by atoms with Gasteiger partial charge in [-0.3, -0.25) is 4.79 Å². The van der Waals surface area contributed by atoms with E-state index >= 15 is 0 Å². The van der Waals surface area contributed by atoms with E-state index in [1.165, 1.54) is 10.3 Å². The van der Waals surface area contributed by atoms with E-state index in [-0.39, 0.29) is 5.91 Å². The van der Waals surface area contributed by atoms with Crippen LogP contribution in [0.25, 0.3) is 10.9 Å². The van der Waals surface area contributed by atoms with Crippen LogP contribution in [-0.4, -0.2) is 23.2 Å². The van der Waals surface area contributed by atoms with E-state index in [1.807, 2.05) is 24.3 Å². The maximum absolute atomic E-state index is 12.1. The number of rotatable bonds is 5. The number of benzene rings is 2. The number of para-hydroxylation sites is 1. The van der Waals surface area contributed by atoms with Crippen molar-refractivity contribution in [2.45, 2.75) is 11.8 Å². The molecule has 1 heterocycles. The molecule has 0 fully saturated rings. The molecule has 3 aromatic rings. The van der Waals surface area contributed by atoms with Crippen LogP contribution < -0.4 is 5.32 Å². The van der Waals surface area contributed by atoms with Crippen LogP contribution in [0.3, 0.4) is 0 Å². The summed E-state index contributed by atoms with van der Waals surface area (Å²) in [7, 11) is 0. The fourth-order valence-corrected chi connectivity index (χ4v) is 3.73. The number of carbonyl (C=O) groups excluding carboxylic acids is 1. The molecule has 5 heteroatoms. The van der Waals surface area contributed by atoms with Crippen LogP contribution >= 0.6 is 23.4 Å². The summed E-state index contributed by atoms with van der Waals surface area (Å²) in [6, 6.07) is 15.3. The molecule has 3 rings (SSSR count). The number of amides is 1. The van der Waals surface area contributed by atoms with Crippen molar-refractivity contribution in [1.29, 1.82) is 0 Å². The summed E-state index contributed by atoms with van der Waals surface area (Å²) in [4.78, 5) is 16.7. The minimum absolute atomic E-state index is 0.133. The normalized spacial score (nSPS) is 10.9. The van der Waals surface area contributed by atoms with Gasteiger partial charge >= 0.3 is 0 Å². The number of fused-ring (bicyclic) bond motifs is 1. The molecule has 1 amide bonds. The largest absolute Gasteiger partial charge is 0.358 e. The highest BCUT2D eigenvalue weighted by atomic mass is 35.5. The smallest absolute Gasteiger partial charge is 0.252 e. The van der Waals surface area contributed by atoms with Crippen LogP contribution in [0.1, 0.15) is 16.1 Å². The van der Waals surface area contributed by atoms with Gasteiger partial charge in [-0.2, -0.15) is 0 Å². The van der Waals surface area contributed by atoms with Crippen LogP contribution in [-0.2, 0) is 0 Å². The van der Waals surface area contributed by atoms with Gasteiger partial charge < -0.3 is 10.3 Å². The van der Waals surface area contributed by atoms with Crippen molar-refractivity contribution in [2.75, 3.05) is 12.3 Å². The zero-order valence-corrected chi connectivity index (χ0v) is 14.3. The monoisotopic (exact) mass is 344 g/mol. The fraction of sp³-hybridized carbons (Fsp3) is 0.167. The highest BCUT2D eigenvalue weighted by molar-refractivity contribution is 7.99. The van der Waals surface area contributed by atoms with Crippen molar-refractivity contribution in [3.8, 4) is 0 Å². The van der Waals surface area contributed by atoms with Gasteiger partial charge in [0.1, 0.15) is 0 Å². The van der Waals surface area contributed by atoms with Crippen molar-refractivity contribution in [1.82, 2.24) is 10.3 Å². The second-order valence-corrected chi connectivity index (χ2v) is 6.72. The average Bonchev–Trinajstić information content (AvgIpc) is 2.87. The molecule has 0 radical (unpaired) electrons. The quantitative estimate of drug-likeness (QED) is 0.522. The van der Waals surface area contributed by atoms with Crippen LogP contribution in [0.2, 0.25) is 5.02 Å². The number of H-pyrrole nitrogens is 1. The van der Waals surface area contributed by atoms with Crippen molar-refractivity contribution < 1.29 is 4.79 Å². The van der Waals surface area contributed by atoms with E-state index in [0.29, 0.717) is 17.1 Å². The van der Waals surface area contributed by atoms with E-state index in [0.717, 1.165) is 17.0 Å². The summed E-state index contributed by atoms with van der Waals surface area (Å²) in [6.07, 6.45) is 0. The van der Waals surface area contributed by atoms with E-state index in [1.54, 1.807) is 23.9 Å². The Morgan fingerprint density at radius 2 is 1.91 bits per heavy atom. The summed E-state index contributed by atoms with van der Waals surface area (Å²) in [5.74, 6) is 0.672.